The number of carbonyl (C=O) groups excluding carboxylic acids is 3. The Morgan fingerprint density at radius 3 is 2.59 bits per heavy atom. The second-order valence-electron chi connectivity index (χ2n) is 6.70. The van der Waals surface area contributed by atoms with Gasteiger partial charge in [0.15, 0.2) is 0 Å². The number of nitrogens with zero attached hydrogens (tertiary/aromatic N) is 4. The van der Waals surface area contributed by atoms with Gasteiger partial charge >= 0.3 is 0 Å². The molecule has 1 N–H and O–H groups in total. The van der Waals surface area contributed by atoms with E-state index in [0.717, 1.165) is 10.5 Å². The fourth-order valence-electron chi connectivity index (χ4n) is 3.22. The van der Waals surface area contributed by atoms with Crippen molar-refractivity contribution in [3.05, 3.63) is 70.8 Å². The molecule has 8 nitrogen and oxygen atoms in total. The van der Waals surface area contributed by atoms with Crippen LogP contribution in [0.15, 0.2) is 49.1 Å². The van der Waals surface area contributed by atoms with E-state index < -0.39 is 23.8 Å². The first-order valence-corrected chi connectivity index (χ1v) is 9.18. The average Bonchev–Trinajstić information content (AvgIpc) is 3.29. The molecule has 0 fully saturated rings. The normalized spacial score (nSPS) is 14.1. The number of imide groups is 1. The van der Waals surface area contributed by atoms with E-state index in [4.69, 9.17) is 11.6 Å². The van der Waals surface area contributed by atoms with Crippen LogP contribution >= 0.6 is 11.6 Å². The molecule has 29 heavy (non-hydrogen) atoms. The summed E-state index contributed by atoms with van der Waals surface area (Å²) in [4.78, 5) is 43.2. The van der Waals surface area contributed by atoms with E-state index in [-0.39, 0.29) is 0 Å². The molecule has 0 spiro atoms. The number of halogens is 1. The highest BCUT2D eigenvalue weighted by Crippen LogP contribution is 2.28. The van der Waals surface area contributed by atoms with E-state index in [1.807, 2.05) is 6.92 Å². The Balaban J connectivity index is 1.61. The first-order chi connectivity index (χ1) is 13.9. The molecule has 0 unspecified atom stereocenters. The molecule has 3 amide bonds. The number of rotatable bonds is 4. The van der Waals surface area contributed by atoms with Gasteiger partial charge in [0.2, 0.25) is 5.91 Å². The Labute approximate surface area is 171 Å². The van der Waals surface area contributed by atoms with Crippen LogP contribution in [0.3, 0.4) is 0 Å². The van der Waals surface area contributed by atoms with Crippen molar-refractivity contribution >= 4 is 35.0 Å². The molecular formula is C20H16ClN5O3. The van der Waals surface area contributed by atoms with Gasteiger partial charge in [-0.3, -0.25) is 19.3 Å². The zero-order chi connectivity index (χ0) is 20.7. The lowest BCUT2D eigenvalue weighted by Gasteiger charge is -2.22. The van der Waals surface area contributed by atoms with Crippen molar-refractivity contribution in [1.29, 1.82) is 0 Å². The second-order valence-corrected chi connectivity index (χ2v) is 7.13. The Hall–Kier alpha value is -3.52. The molecule has 9 heteroatoms. The van der Waals surface area contributed by atoms with Gasteiger partial charge in [-0.2, -0.15) is 5.10 Å². The average molecular weight is 410 g/mol. The molecule has 2 aromatic carbocycles. The summed E-state index contributed by atoms with van der Waals surface area (Å²) in [5, 5.41) is 7.21. The lowest BCUT2D eigenvalue weighted by atomic mass is 10.1. The van der Waals surface area contributed by atoms with Crippen LogP contribution in [0.4, 0.5) is 5.69 Å². The Bertz CT molecular complexity index is 1140. The Morgan fingerprint density at radius 1 is 1.10 bits per heavy atom. The molecular weight excluding hydrogens is 394 g/mol. The minimum atomic E-state index is -1.02. The zero-order valence-electron chi connectivity index (χ0n) is 15.6. The minimum absolute atomic E-state index is 0.298. The monoisotopic (exact) mass is 409 g/mol. The van der Waals surface area contributed by atoms with E-state index >= 15 is 0 Å². The van der Waals surface area contributed by atoms with Gasteiger partial charge < -0.3 is 5.32 Å². The molecule has 1 aliphatic heterocycles. The highest BCUT2D eigenvalue weighted by atomic mass is 35.5. The third kappa shape index (κ3) is 3.27. The largest absolute Gasteiger partial charge is 0.322 e. The van der Waals surface area contributed by atoms with Gasteiger partial charge in [0, 0.05) is 5.02 Å². The van der Waals surface area contributed by atoms with Gasteiger partial charge in [-0.25, -0.2) is 9.67 Å². The molecule has 4 rings (SSSR count). The predicted octanol–water partition coefficient (Wildman–Crippen LogP) is 2.85. The van der Waals surface area contributed by atoms with Crippen molar-refractivity contribution in [2.24, 2.45) is 0 Å². The third-order valence-corrected chi connectivity index (χ3v) is 4.96. The zero-order valence-corrected chi connectivity index (χ0v) is 16.3. The SMILES string of the molecule is Cc1ccc2c(c1)C(=O)N([C@H](C)C(=O)Nc1cc(Cl)ccc1-n1cncn1)C2=O. The van der Waals surface area contributed by atoms with Crippen molar-refractivity contribution in [3.8, 4) is 5.69 Å². The van der Waals surface area contributed by atoms with Crippen LogP contribution in [0.25, 0.3) is 5.69 Å². The van der Waals surface area contributed by atoms with Crippen LogP contribution in [0.5, 0.6) is 0 Å². The maximum atomic E-state index is 12.9. The number of hydrogen-bond acceptors (Lipinski definition) is 5. The smallest absolute Gasteiger partial charge is 0.262 e. The molecule has 3 aromatic rings. The number of fused-ring (bicyclic) bond motifs is 1. The molecule has 1 aromatic heterocycles. The topological polar surface area (TPSA) is 97.2 Å². The summed E-state index contributed by atoms with van der Waals surface area (Å²) in [5.41, 5.74) is 2.39. The highest BCUT2D eigenvalue weighted by molar-refractivity contribution is 6.31. The highest BCUT2D eigenvalue weighted by Gasteiger charge is 2.41. The van der Waals surface area contributed by atoms with Crippen molar-refractivity contribution < 1.29 is 14.4 Å². The summed E-state index contributed by atoms with van der Waals surface area (Å²) in [7, 11) is 0. The quantitative estimate of drug-likeness (QED) is 0.668. The lowest BCUT2D eigenvalue weighted by Crippen LogP contribution is -2.45. The van der Waals surface area contributed by atoms with Gasteiger partial charge in [0.05, 0.1) is 22.5 Å². The lowest BCUT2D eigenvalue weighted by molar-refractivity contribution is -0.119. The van der Waals surface area contributed by atoms with Crippen LogP contribution in [0, 0.1) is 6.92 Å². The van der Waals surface area contributed by atoms with Crippen LogP contribution in [-0.2, 0) is 4.79 Å². The first kappa shape index (κ1) is 18.8. The standard InChI is InChI=1S/C20H16ClN5O3/c1-11-3-5-14-15(7-11)20(29)26(19(14)28)12(2)18(27)24-16-8-13(21)4-6-17(16)25-10-22-9-23-25/h3-10,12H,1-2H3,(H,24,27)/t12-/m1/s1. The minimum Gasteiger partial charge on any atom is -0.322 e. The molecule has 0 aliphatic carbocycles. The molecule has 0 saturated carbocycles. The number of carbonyl (C=O) groups is 3. The van der Waals surface area contributed by atoms with E-state index in [0.29, 0.717) is 27.5 Å². The summed E-state index contributed by atoms with van der Waals surface area (Å²) in [6.07, 6.45) is 2.85. The maximum Gasteiger partial charge on any atom is 0.262 e. The summed E-state index contributed by atoms with van der Waals surface area (Å²) >= 11 is 6.08. The van der Waals surface area contributed by atoms with Gasteiger partial charge in [-0.15, -0.1) is 0 Å². The van der Waals surface area contributed by atoms with Crippen molar-refractivity contribution in [2.75, 3.05) is 5.32 Å². The van der Waals surface area contributed by atoms with Crippen molar-refractivity contribution in [2.45, 2.75) is 19.9 Å². The number of hydrogen-bond donors (Lipinski definition) is 1. The van der Waals surface area contributed by atoms with Crippen LogP contribution < -0.4 is 5.32 Å². The number of benzene rings is 2. The third-order valence-electron chi connectivity index (χ3n) is 4.72. The predicted molar refractivity (Wildman–Crippen MR) is 106 cm³/mol. The van der Waals surface area contributed by atoms with Gasteiger partial charge in [0.25, 0.3) is 11.8 Å². The fourth-order valence-corrected chi connectivity index (χ4v) is 3.39. The molecule has 0 radical (unpaired) electrons. The van der Waals surface area contributed by atoms with E-state index in [1.54, 1.807) is 36.4 Å². The number of aryl methyl sites for hydroxylation is 1. The summed E-state index contributed by atoms with van der Waals surface area (Å²) in [6, 6.07) is 8.90. The van der Waals surface area contributed by atoms with E-state index in [2.05, 4.69) is 15.4 Å². The van der Waals surface area contributed by atoms with E-state index in [9.17, 15) is 14.4 Å². The van der Waals surface area contributed by atoms with Gasteiger partial charge in [-0.05, 0) is 44.2 Å². The maximum absolute atomic E-state index is 12.9. The number of anilines is 1. The Kier molecular flexibility index (Phi) is 4.63. The molecule has 2 heterocycles. The van der Waals surface area contributed by atoms with Crippen molar-refractivity contribution in [1.82, 2.24) is 19.7 Å². The first-order valence-electron chi connectivity index (χ1n) is 8.81. The van der Waals surface area contributed by atoms with Crippen LogP contribution in [-0.4, -0.2) is 43.4 Å². The van der Waals surface area contributed by atoms with E-state index in [1.165, 1.54) is 24.3 Å². The molecule has 1 atom stereocenters. The van der Waals surface area contributed by atoms with Gasteiger partial charge in [-0.1, -0.05) is 23.2 Å². The van der Waals surface area contributed by atoms with Crippen LogP contribution in [0.1, 0.15) is 33.2 Å². The summed E-state index contributed by atoms with van der Waals surface area (Å²) in [5.74, 6) is -1.51. The Morgan fingerprint density at radius 2 is 1.86 bits per heavy atom. The summed E-state index contributed by atoms with van der Waals surface area (Å²) in [6.45, 7) is 3.34. The molecule has 1 aliphatic rings. The second kappa shape index (κ2) is 7.14. The van der Waals surface area contributed by atoms with Crippen molar-refractivity contribution in [3.63, 3.8) is 0 Å². The molecule has 146 valence electrons. The van der Waals surface area contributed by atoms with Crippen LogP contribution in [0.2, 0.25) is 5.02 Å². The molecule has 0 bridgehead atoms. The number of aromatic nitrogens is 3. The summed E-state index contributed by atoms with van der Waals surface area (Å²) < 4.78 is 1.47. The van der Waals surface area contributed by atoms with Gasteiger partial charge in [0.1, 0.15) is 18.7 Å². The number of nitrogens with one attached hydrogen (secondary N) is 1. The molecule has 0 saturated heterocycles. The fraction of sp³-hybridized carbons (Fsp3) is 0.150. The number of amides is 3.